The van der Waals surface area contributed by atoms with E-state index in [4.69, 9.17) is 0 Å². The predicted molar refractivity (Wildman–Crippen MR) is 62.4 cm³/mol. The molecule has 0 N–H and O–H groups in total. The largest absolute Gasteiger partial charge is 0.0928 e. The molecule has 0 aliphatic rings. The average molecular weight is 241 g/mol. The fourth-order valence-corrected chi connectivity index (χ4v) is 2.20. The van der Waals surface area contributed by atoms with Crippen molar-refractivity contribution >= 4 is 15.9 Å². The fourth-order valence-electron chi connectivity index (χ4n) is 1.70. The molecule has 0 aliphatic heterocycles. The van der Waals surface area contributed by atoms with Crippen molar-refractivity contribution in [3.05, 3.63) is 35.9 Å². The molecule has 1 heteroatoms. The van der Waals surface area contributed by atoms with Crippen LogP contribution in [0.5, 0.6) is 0 Å². The standard InChI is InChI=1S/C12H17Br/c1-10(2)12(8-9-13)11-6-4-3-5-7-11/h3-7,10,12H,8-9H2,1-2H3. The molecule has 1 rings (SSSR count). The molecule has 1 aromatic rings. The van der Waals surface area contributed by atoms with E-state index in [1.807, 2.05) is 0 Å². The number of halogens is 1. The molecule has 0 fully saturated rings. The molecule has 13 heavy (non-hydrogen) atoms. The van der Waals surface area contributed by atoms with Gasteiger partial charge in [0.05, 0.1) is 0 Å². The van der Waals surface area contributed by atoms with Crippen LogP contribution in [0.3, 0.4) is 0 Å². The van der Waals surface area contributed by atoms with Crippen molar-refractivity contribution in [1.82, 2.24) is 0 Å². The molecule has 0 amide bonds. The van der Waals surface area contributed by atoms with Crippen LogP contribution in [0.4, 0.5) is 0 Å². The first-order valence-electron chi connectivity index (χ1n) is 4.86. The fraction of sp³-hybridized carbons (Fsp3) is 0.500. The summed E-state index contributed by atoms with van der Waals surface area (Å²) in [5, 5.41) is 1.09. The van der Waals surface area contributed by atoms with Crippen LogP contribution in [0, 0.1) is 5.92 Å². The number of alkyl halides is 1. The Morgan fingerprint density at radius 3 is 2.23 bits per heavy atom. The monoisotopic (exact) mass is 240 g/mol. The van der Waals surface area contributed by atoms with E-state index in [0.29, 0.717) is 5.92 Å². The second-order valence-electron chi connectivity index (χ2n) is 3.74. The Kier molecular flexibility index (Phi) is 4.51. The van der Waals surface area contributed by atoms with Crippen molar-refractivity contribution in [1.29, 1.82) is 0 Å². The molecule has 0 aromatic heterocycles. The second-order valence-corrected chi connectivity index (χ2v) is 4.53. The van der Waals surface area contributed by atoms with E-state index in [1.165, 1.54) is 12.0 Å². The number of hydrogen-bond acceptors (Lipinski definition) is 0. The van der Waals surface area contributed by atoms with Gasteiger partial charge in [0, 0.05) is 5.33 Å². The second kappa shape index (κ2) is 5.43. The zero-order chi connectivity index (χ0) is 9.68. The maximum atomic E-state index is 3.52. The van der Waals surface area contributed by atoms with Gasteiger partial charge in [-0.1, -0.05) is 60.1 Å². The summed E-state index contributed by atoms with van der Waals surface area (Å²) in [6, 6.07) is 10.8. The van der Waals surface area contributed by atoms with E-state index in [0.717, 1.165) is 11.2 Å². The lowest BCUT2D eigenvalue weighted by atomic mass is 9.86. The molecular weight excluding hydrogens is 224 g/mol. The van der Waals surface area contributed by atoms with E-state index in [1.54, 1.807) is 0 Å². The minimum atomic E-state index is 0.695. The van der Waals surface area contributed by atoms with Crippen LogP contribution < -0.4 is 0 Å². The quantitative estimate of drug-likeness (QED) is 0.692. The van der Waals surface area contributed by atoms with Crippen molar-refractivity contribution in [2.24, 2.45) is 5.92 Å². The summed E-state index contributed by atoms with van der Waals surface area (Å²) in [5.41, 5.74) is 1.47. The molecule has 0 saturated heterocycles. The summed E-state index contributed by atoms with van der Waals surface area (Å²) in [7, 11) is 0. The highest BCUT2D eigenvalue weighted by molar-refractivity contribution is 9.09. The van der Waals surface area contributed by atoms with Crippen molar-refractivity contribution in [3.63, 3.8) is 0 Å². The highest BCUT2D eigenvalue weighted by atomic mass is 79.9. The van der Waals surface area contributed by atoms with Gasteiger partial charge in [-0.15, -0.1) is 0 Å². The summed E-state index contributed by atoms with van der Waals surface area (Å²) >= 11 is 3.52. The van der Waals surface area contributed by atoms with Crippen LogP contribution in [0.1, 0.15) is 31.7 Å². The van der Waals surface area contributed by atoms with Crippen LogP contribution in [-0.2, 0) is 0 Å². The predicted octanol–water partition coefficient (Wildman–Crippen LogP) is 4.21. The molecule has 0 heterocycles. The smallest absolute Gasteiger partial charge is 0.00372 e. The van der Waals surface area contributed by atoms with Gasteiger partial charge in [0.25, 0.3) is 0 Å². The first kappa shape index (κ1) is 10.8. The third-order valence-corrected chi connectivity index (χ3v) is 2.91. The van der Waals surface area contributed by atoms with Crippen LogP contribution in [0.2, 0.25) is 0 Å². The van der Waals surface area contributed by atoms with Crippen LogP contribution in [-0.4, -0.2) is 5.33 Å². The van der Waals surface area contributed by atoms with E-state index in [-0.39, 0.29) is 0 Å². The molecule has 72 valence electrons. The highest BCUT2D eigenvalue weighted by Crippen LogP contribution is 2.27. The van der Waals surface area contributed by atoms with Gasteiger partial charge in [-0.3, -0.25) is 0 Å². The first-order valence-corrected chi connectivity index (χ1v) is 5.98. The van der Waals surface area contributed by atoms with Gasteiger partial charge in [-0.25, -0.2) is 0 Å². The van der Waals surface area contributed by atoms with Crippen molar-refractivity contribution < 1.29 is 0 Å². The van der Waals surface area contributed by atoms with Crippen LogP contribution in [0.25, 0.3) is 0 Å². The topological polar surface area (TPSA) is 0 Å². The Balaban J connectivity index is 2.76. The average Bonchev–Trinajstić information content (AvgIpc) is 2.15. The molecule has 1 aromatic carbocycles. The third-order valence-electron chi connectivity index (χ3n) is 2.45. The van der Waals surface area contributed by atoms with E-state index in [9.17, 15) is 0 Å². The van der Waals surface area contributed by atoms with Crippen LogP contribution >= 0.6 is 15.9 Å². The molecule has 0 spiro atoms. The Morgan fingerprint density at radius 1 is 1.15 bits per heavy atom. The van der Waals surface area contributed by atoms with Gasteiger partial charge in [0.2, 0.25) is 0 Å². The Labute approximate surface area is 89.5 Å². The van der Waals surface area contributed by atoms with E-state index < -0.39 is 0 Å². The summed E-state index contributed by atoms with van der Waals surface area (Å²) < 4.78 is 0. The zero-order valence-corrected chi connectivity index (χ0v) is 9.92. The highest BCUT2D eigenvalue weighted by Gasteiger charge is 2.13. The summed E-state index contributed by atoms with van der Waals surface area (Å²) in [6.07, 6.45) is 1.22. The minimum absolute atomic E-state index is 0.695. The van der Waals surface area contributed by atoms with Gasteiger partial charge in [-0.05, 0) is 23.8 Å². The van der Waals surface area contributed by atoms with E-state index in [2.05, 4.69) is 60.1 Å². The molecule has 0 nitrogen and oxygen atoms in total. The van der Waals surface area contributed by atoms with E-state index >= 15 is 0 Å². The molecule has 0 bridgehead atoms. The van der Waals surface area contributed by atoms with Crippen molar-refractivity contribution in [2.45, 2.75) is 26.2 Å². The van der Waals surface area contributed by atoms with Crippen molar-refractivity contribution in [2.75, 3.05) is 5.33 Å². The summed E-state index contributed by atoms with van der Waals surface area (Å²) in [6.45, 7) is 4.58. The van der Waals surface area contributed by atoms with Crippen LogP contribution in [0.15, 0.2) is 30.3 Å². The lowest BCUT2D eigenvalue weighted by molar-refractivity contribution is 0.489. The number of rotatable bonds is 4. The summed E-state index contributed by atoms with van der Waals surface area (Å²) in [4.78, 5) is 0. The molecule has 0 aliphatic carbocycles. The number of hydrogen-bond donors (Lipinski definition) is 0. The zero-order valence-electron chi connectivity index (χ0n) is 8.33. The van der Waals surface area contributed by atoms with Gasteiger partial charge in [-0.2, -0.15) is 0 Å². The summed E-state index contributed by atoms with van der Waals surface area (Å²) in [5.74, 6) is 1.42. The lowest BCUT2D eigenvalue weighted by Gasteiger charge is -2.20. The maximum Gasteiger partial charge on any atom is 0.00372 e. The molecular formula is C12H17Br. The maximum absolute atomic E-state index is 3.52. The molecule has 0 radical (unpaired) electrons. The van der Waals surface area contributed by atoms with Gasteiger partial charge < -0.3 is 0 Å². The minimum Gasteiger partial charge on any atom is -0.0928 e. The van der Waals surface area contributed by atoms with Crippen molar-refractivity contribution in [3.8, 4) is 0 Å². The third kappa shape index (κ3) is 3.15. The van der Waals surface area contributed by atoms with Gasteiger partial charge in [0.1, 0.15) is 0 Å². The molecule has 1 atom stereocenters. The molecule has 1 unspecified atom stereocenters. The first-order chi connectivity index (χ1) is 6.25. The lowest BCUT2D eigenvalue weighted by Crippen LogP contribution is -2.07. The normalized spacial score (nSPS) is 13.2. The SMILES string of the molecule is CC(C)C(CCBr)c1ccccc1. The van der Waals surface area contributed by atoms with Gasteiger partial charge in [0.15, 0.2) is 0 Å². The van der Waals surface area contributed by atoms with Gasteiger partial charge >= 0.3 is 0 Å². The number of benzene rings is 1. The molecule has 0 saturated carbocycles. The Hall–Kier alpha value is -0.300. The Morgan fingerprint density at radius 2 is 1.77 bits per heavy atom. The Bertz CT molecular complexity index is 228.